The van der Waals surface area contributed by atoms with Crippen LogP contribution in [0, 0.1) is 0 Å². The second-order valence-corrected chi connectivity index (χ2v) is 13.7. The van der Waals surface area contributed by atoms with Gasteiger partial charge in [0, 0.05) is 6.92 Å². The number of quaternary nitrogens is 1. The normalized spacial score (nSPS) is 15.2. The molecule has 3 unspecified atom stereocenters. The van der Waals surface area contributed by atoms with Crippen LogP contribution in [0.15, 0.2) is 0 Å². The van der Waals surface area contributed by atoms with E-state index in [2.05, 4.69) is 12.2 Å². The smallest absolute Gasteiger partial charge is 0.391 e. The molecule has 8 nitrogen and oxygen atoms in total. The van der Waals surface area contributed by atoms with Crippen molar-refractivity contribution in [2.75, 3.05) is 40.9 Å². The number of carbonyl (C=O) groups is 1. The Morgan fingerprint density at radius 1 is 0.769 bits per heavy atom. The minimum Gasteiger partial charge on any atom is -0.391 e. The number of nitrogens with zero attached hydrogens (tertiary/aromatic N) is 1. The molecule has 0 aromatic heterocycles. The maximum atomic E-state index is 12.2. The molecule has 0 saturated heterocycles. The first-order valence-corrected chi connectivity index (χ1v) is 17.3. The number of rotatable bonds is 28. The van der Waals surface area contributed by atoms with Crippen LogP contribution >= 0.6 is 7.82 Å². The number of aliphatic hydroxyl groups is 1. The summed E-state index contributed by atoms with van der Waals surface area (Å²) < 4.78 is 22.8. The fraction of sp³-hybridized carbons (Fsp3) is 0.967. The third kappa shape index (κ3) is 27.4. The van der Waals surface area contributed by atoms with Crippen molar-refractivity contribution >= 4 is 13.7 Å². The Morgan fingerprint density at radius 2 is 1.18 bits per heavy atom. The van der Waals surface area contributed by atoms with Crippen LogP contribution in [0.25, 0.3) is 0 Å². The molecule has 0 radical (unpaired) electrons. The van der Waals surface area contributed by atoms with Crippen molar-refractivity contribution in [3.63, 3.8) is 0 Å². The van der Waals surface area contributed by atoms with Crippen molar-refractivity contribution in [3.05, 3.63) is 0 Å². The van der Waals surface area contributed by atoms with Gasteiger partial charge in [-0.1, -0.05) is 122 Å². The SMILES string of the molecule is CCCCCCCCCCCCCCCCCCCCC(O)C(COP(=O)(O)OCC[N+](C)(C)C)NC(C)=O. The number of amides is 1. The molecule has 1 amide bonds. The number of phosphoric ester groups is 1. The second kappa shape index (κ2) is 24.1. The Hall–Kier alpha value is -0.500. The van der Waals surface area contributed by atoms with Crippen LogP contribution < -0.4 is 5.32 Å². The molecule has 0 spiro atoms. The highest BCUT2D eigenvalue weighted by atomic mass is 31.2. The van der Waals surface area contributed by atoms with Gasteiger partial charge in [0.2, 0.25) is 5.91 Å². The topological polar surface area (TPSA) is 105 Å². The fourth-order valence-corrected chi connectivity index (χ4v) is 5.34. The van der Waals surface area contributed by atoms with E-state index in [0.717, 1.165) is 19.3 Å². The quantitative estimate of drug-likeness (QED) is 0.0518. The van der Waals surface area contributed by atoms with Crippen molar-refractivity contribution in [1.29, 1.82) is 0 Å². The first-order valence-electron chi connectivity index (χ1n) is 15.8. The minimum atomic E-state index is -4.25. The van der Waals surface area contributed by atoms with Gasteiger partial charge in [0.15, 0.2) is 0 Å². The highest BCUT2D eigenvalue weighted by Crippen LogP contribution is 2.43. The summed E-state index contributed by atoms with van der Waals surface area (Å²) in [6.07, 6.45) is 23.1. The summed E-state index contributed by atoms with van der Waals surface area (Å²) in [6, 6.07) is -0.754. The lowest BCUT2D eigenvalue weighted by Crippen LogP contribution is -2.45. The van der Waals surface area contributed by atoms with Gasteiger partial charge in [0.1, 0.15) is 13.2 Å². The largest absolute Gasteiger partial charge is 0.472 e. The zero-order valence-corrected chi connectivity index (χ0v) is 27.0. The molecule has 0 aliphatic rings. The molecule has 0 heterocycles. The van der Waals surface area contributed by atoms with Crippen LogP contribution in [-0.2, 0) is 18.4 Å². The van der Waals surface area contributed by atoms with E-state index in [9.17, 15) is 19.4 Å². The van der Waals surface area contributed by atoms with Gasteiger partial charge in [-0.2, -0.15) is 0 Å². The van der Waals surface area contributed by atoms with Crippen LogP contribution in [-0.4, -0.2) is 73.4 Å². The lowest BCUT2D eigenvalue weighted by atomic mass is 10.0. The number of likely N-dealkylation sites (N-methyl/N-ethyl adjacent to an activating group) is 1. The van der Waals surface area contributed by atoms with Crippen molar-refractivity contribution in [3.8, 4) is 0 Å². The van der Waals surface area contributed by atoms with Gasteiger partial charge in [-0.15, -0.1) is 0 Å². The third-order valence-electron chi connectivity index (χ3n) is 7.14. The Kier molecular flexibility index (Phi) is 23.8. The van der Waals surface area contributed by atoms with E-state index in [1.807, 2.05) is 21.1 Å². The molecule has 39 heavy (non-hydrogen) atoms. The van der Waals surface area contributed by atoms with Gasteiger partial charge in [-0.3, -0.25) is 13.8 Å². The molecule has 0 rings (SSSR count). The fourth-order valence-electron chi connectivity index (χ4n) is 4.61. The summed E-state index contributed by atoms with van der Waals surface area (Å²) in [4.78, 5) is 21.5. The first-order chi connectivity index (χ1) is 18.5. The lowest BCUT2D eigenvalue weighted by molar-refractivity contribution is -0.870. The monoisotopic (exact) mass is 579 g/mol. The minimum absolute atomic E-state index is 0.0734. The summed E-state index contributed by atoms with van der Waals surface area (Å²) in [6.45, 7) is 3.96. The molecule has 0 aliphatic heterocycles. The van der Waals surface area contributed by atoms with Gasteiger partial charge < -0.3 is 19.8 Å². The molecule has 3 N–H and O–H groups in total. The average Bonchev–Trinajstić information content (AvgIpc) is 2.84. The maximum absolute atomic E-state index is 12.2. The standard InChI is InChI=1S/C30H63N2O6P/c1-6-7-8-9-10-11-12-13-14-15-16-17-18-19-20-21-22-23-24-30(34)29(31-28(2)33)27-38-39(35,36)37-26-25-32(3,4)5/h29-30,34H,6-27H2,1-5H3,(H-,31,33,35,36)/p+1. The van der Waals surface area contributed by atoms with Gasteiger partial charge in [-0.05, 0) is 6.42 Å². The zero-order chi connectivity index (χ0) is 29.4. The molecule has 0 saturated carbocycles. The molecule has 234 valence electrons. The van der Waals surface area contributed by atoms with Gasteiger partial charge in [0.25, 0.3) is 0 Å². The van der Waals surface area contributed by atoms with Crippen LogP contribution in [0.3, 0.4) is 0 Å². The number of unbranched alkanes of at least 4 members (excludes halogenated alkanes) is 17. The van der Waals surface area contributed by atoms with Gasteiger partial charge in [-0.25, -0.2) is 4.57 Å². The van der Waals surface area contributed by atoms with Crippen molar-refractivity contribution in [2.45, 2.75) is 148 Å². The Labute approximate surface area is 240 Å². The number of phosphoric acid groups is 1. The Balaban J connectivity index is 3.83. The molecular weight excluding hydrogens is 515 g/mol. The van der Waals surface area contributed by atoms with E-state index in [0.29, 0.717) is 17.4 Å². The highest BCUT2D eigenvalue weighted by molar-refractivity contribution is 7.47. The summed E-state index contributed by atoms with van der Waals surface area (Å²) in [7, 11) is 1.61. The Morgan fingerprint density at radius 3 is 1.56 bits per heavy atom. The summed E-state index contributed by atoms with van der Waals surface area (Å²) >= 11 is 0. The van der Waals surface area contributed by atoms with Crippen LogP contribution in [0.1, 0.15) is 136 Å². The molecule has 9 heteroatoms. The van der Waals surface area contributed by atoms with Gasteiger partial charge >= 0.3 is 7.82 Å². The molecule has 0 bridgehead atoms. The van der Waals surface area contributed by atoms with E-state index in [1.165, 1.54) is 103 Å². The van der Waals surface area contributed by atoms with Crippen LogP contribution in [0.4, 0.5) is 0 Å². The summed E-state index contributed by atoms with van der Waals surface area (Å²) in [5.41, 5.74) is 0. The molecule has 0 aliphatic carbocycles. The lowest BCUT2D eigenvalue weighted by Gasteiger charge is -2.26. The predicted octanol–water partition coefficient (Wildman–Crippen LogP) is 7.12. The maximum Gasteiger partial charge on any atom is 0.472 e. The number of nitrogens with one attached hydrogen (secondary N) is 1. The zero-order valence-electron chi connectivity index (χ0n) is 26.1. The number of carbonyl (C=O) groups excluding carboxylic acids is 1. The second-order valence-electron chi connectivity index (χ2n) is 12.3. The molecular formula is C30H64N2O6P+. The number of hydrogen-bond donors (Lipinski definition) is 3. The van der Waals surface area contributed by atoms with Gasteiger partial charge in [0.05, 0.1) is 39.9 Å². The van der Waals surface area contributed by atoms with Crippen molar-refractivity contribution in [1.82, 2.24) is 5.32 Å². The average molecular weight is 580 g/mol. The van der Waals surface area contributed by atoms with E-state index in [-0.39, 0.29) is 19.1 Å². The molecule has 0 aromatic rings. The molecule has 0 aromatic carbocycles. The molecule has 3 atom stereocenters. The van der Waals surface area contributed by atoms with Crippen LogP contribution in [0.2, 0.25) is 0 Å². The third-order valence-corrected chi connectivity index (χ3v) is 8.12. The Bertz CT molecular complexity index is 629. The number of hydrogen-bond acceptors (Lipinski definition) is 5. The van der Waals surface area contributed by atoms with Crippen LogP contribution in [0.5, 0.6) is 0 Å². The van der Waals surface area contributed by atoms with Crippen molar-refractivity contribution in [2.24, 2.45) is 0 Å². The van der Waals surface area contributed by atoms with E-state index >= 15 is 0 Å². The van der Waals surface area contributed by atoms with Crippen molar-refractivity contribution < 1.29 is 32.9 Å². The van der Waals surface area contributed by atoms with E-state index < -0.39 is 20.0 Å². The van der Waals surface area contributed by atoms with E-state index in [1.54, 1.807) is 0 Å². The highest BCUT2D eigenvalue weighted by Gasteiger charge is 2.27. The molecule has 0 fully saturated rings. The predicted molar refractivity (Wildman–Crippen MR) is 162 cm³/mol. The first kappa shape index (κ1) is 38.5. The number of aliphatic hydroxyl groups excluding tert-OH is 1. The summed E-state index contributed by atoms with van der Waals surface area (Å²) in [5.74, 6) is -0.320. The summed E-state index contributed by atoms with van der Waals surface area (Å²) in [5, 5.41) is 13.2. The van der Waals surface area contributed by atoms with E-state index in [4.69, 9.17) is 9.05 Å².